The molecule has 3 aromatic rings. The van der Waals surface area contributed by atoms with Crippen molar-refractivity contribution in [3.8, 4) is 5.69 Å². The van der Waals surface area contributed by atoms with Crippen molar-refractivity contribution in [1.82, 2.24) is 25.3 Å². The lowest BCUT2D eigenvalue weighted by Crippen LogP contribution is -2.27. The first-order valence-electron chi connectivity index (χ1n) is 8.97. The summed E-state index contributed by atoms with van der Waals surface area (Å²) in [6.07, 6.45) is 2.68. The SMILES string of the molecule is Cc1[nH]nc(CCC(=O)N[C@H](C)c2cnn(-c3cccc(F)c3)c2C)c1C. The third-order valence-electron chi connectivity index (χ3n) is 4.89. The van der Waals surface area contributed by atoms with E-state index in [1.807, 2.05) is 27.7 Å². The molecule has 142 valence electrons. The highest BCUT2D eigenvalue weighted by atomic mass is 19.1. The minimum absolute atomic E-state index is 0.0412. The number of nitrogens with zero attached hydrogens (tertiary/aromatic N) is 3. The van der Waals surface area contributed by atoms with Crippen molar-refractivity contribution in [2.24, 2.45) is 0 Å². The second-order valence-electron chi connectivity index (χ2n) is 6.79. The van der Waals surface area contributed by atoms with E-state index in [-0.39, 0.29) is 17.8 Å². The topological polar surface area (TPSA) is 75.6 Å². The zero-order chi connectivity index (χ0) is 19.6. The highest BCUT2D eigenvalue weighted by Crippen LogP contribution is 2.21. The summed E-state index contributed by atoms with van der Waals surface area (Å²) >= 11 is 0. The maximum atomic E-state index is 13.5. The zero-order valence-corrected chi connectivity index (χ0v) is 16.0. The Hall–Kier alpha value is -2.96. The van der Waals surface area contributed by atoms with Crippen LogP contribution in [0.25, 0.3) is 5.69 Å². The average molecular weight is 369 g/mol. The van der Waals surface area contributed by atoms with Crippen LogP contribution in [0.15, 0.2) is 30.5 Å². The monoisotopic (exact) mass is 369 g/mol. The van der Waals surface area contributed by atoms with Crippen LogP contribution in [0.1, 0.15) is 47.6 Å². The summed E-state index contributed by atoms with van der Waals surface area (Å²) < 4.78 is 15.1. The van der Waals surface area contributed by atoms with Crippen LogP contribution in [0, 0.1) is 26.6 Å². The van der Waals surface area contributed by atoms with E-state index in [1.165, 1.54) is 12.1 Å². The highest BCUT2D eigenvalue weighted by Gasteiger charge is 2.17. The molecule has 27 heavy (non-hydrogen) atoms. The molecule has 1 aromatic carbocycles. The second-order valence-corrected chi connectivity index (χ2v) is 6.79. The van der Waals surface area contributed by atoms with Gasteiger partial charge in [-0.2, -0.15) is 10.2 Å². The summed E-state index contributed by atoms with van der Waals surface area (Å²) in [6, 6.07) is 6.08. The molecule has 0 bridgehead atoms. The van der Waals surface area contributed by atoms with Crippen LogP contribution in [0.2, 0.25) is 0 Å². The maximum Gasteiger partial charge on any atom is 0.220 e. The number of aromatic amines is 1. The first-order chi connectivity index (χ1) is 12.9. The Kier molecular flexibility index (Phi) is 5.39. The molecule has 1 amide bonds. The van der Waals surface area contributed by atoms with Gasteiger partial charge in [0.1, 0.15) is 5.82 Å². The van der Waals surface area contributed by atoms with Crippen molar-refractivity contribution >= 4 is 5.91 Å². The molecule has 3 rings (SSSR count). The van der Waals surface area contributed by atoms with Gasteiger partial charge < -0.3 is 5.32 Å². The number of benzene rings is 1. The summed E-state index contributed by atoms with van der Waals surface area (Å²) in [5, 5.41) is 14.5. The van der Waals surface area contributed by atoms with E-state index in [0.717, 1.165) is 28.2 Å². The summed E-state index contributed by atoms with van der Waals surface area (Å²) in [6.45, 7) is 7.79. The van der Waals surface area contributed by atoms with Crippen molar-refractivity contribution in [2.45, 2.75) is 46.6 Å². The van der Waals surface area contributed by atoms with Gasteiger partial charge in [-0.05, 0) is 51.5 Å². The Balaban J connectivity index is 1.65. The minimum Gasteiger partial charge on any atom is -0.349 e. The Morgan fingerprint density at radius 2 is 2.11 bits per heavy atom. The van der Waals surface area contributed by atoms with Gasteiger partial charge in [-0.3, -0.25) is 9.89 Å². The first-order valence-corrected chi connectivity index (χ1v) is 8.97. The third kappa shape index (κ3) is 4.07. The number of nitrogens with one attached hydrogen (secondary N) is 2. The molecule has 0 unspecified atom stereocenters. The quantitative estimate of drug-likeness (QED) is 0.699. The van der Waals surface area contributed by atoms with Gasteiger partial charge in [-0.25, -0.2) is 9.07 Å². The number of aromatic nitrogens is 4. The molecule has 7 heteroatoms. The number of carbonyl (C=O) groups is 1. The van der Waals surface area contributed by atoms with Crippen LogP contribution in [0.4, 0.5) is 4.39 Å². The molecule has 2 heterocycles. The molecule has 0 fully saturated rings. The molecular formula is C20H24FN5O. The molecule has 2 N–H and O–H groups in total. The number of carbonyl (C=O) groups excluding carboxylic acids is 1. The predicted molar refractivity (Wildman–Crippen MR) is 101 cm³/mol. The largest absolute Gasteiger partial charge is 0.349 e. The number of hydrogen-bond donors (Lipinski definition) is 2. The molecule has 1 atom stereocenters. The van der Waals surface area contributed by atoms with Crippen molar-refractivity contribution in [3.63, 3.8) is 0 Å². The normalized spacial score (nSPS) is 12.2. The van der Waals surface area contributed by atoms with Gasteiger partial charge in [-0.1, -0.05) is 6.07 Å². The Labute approximate surface area is 157 Å². The highest BCUT2D eigenvalue weighted by molar-refractivity contribution is 5.76. The van der Waals surface area contributed by atoms with Gasteiger partial charge in [0.05, 0.1) is 23.6 Å². The number of halogens is 1. The van der Waals surface area contributed by atoms with Gasteiger partial charge >= 0.3 is 0 Å². The lowest BCUT2D eigenvalue weighted by atomic mass is 10.1. The summed E-state index contributed by atoms with van der Waals surface area (Å²) in [7, 11) is 0. The fourth-order valence-corrected chi connectivity index (χ4v) is 3.12. The van der Waals surface area contributed by atoms with Crippen molar-refractivity contribution in [3.05, 3.63) is 64.5 Å². The van der Waals surface area contributed by atoms with Crippen LogP contribution in [-0.4, -0.2) is 25.9 Å². The second kappa shape index (κ2) is 7.73. The fourth-order valence-electron chi connectivity index (χ4n) is 3.12. The van der Waals surface area contributed by atoms with Gasteiger partial charge in [0.2, 0.25) is 5.91 Å². The van der Waals surface area contributed by atoms with E-state index in [4.69, 9.17) is 0 Å². The molecular weight excluding hydrogens is 345 g/mol. The number of rotatable bonds is 6. The summed E-state index contributed by atoms with van der Waals surface area (Å²) in [5.74, 6) is -0.352. The van der Waals surface area contributed by atoms with Gasteiger partial charge in [-0.15, -0.1) is 0 Å². The Morgan fingerprint density at radius 1 is 1.33 bits per heavy atom. The van der Waals surface area contributed by atoms with E-state index < -0.39 is 0 Å². The molecule has 6 nitrogen and oxygen atoms in total. The number of H-pyrrole nitrogens is 1. The molecule has 2 aromatic heterocycles. The van der Waals surface area contributed by atoms with E-state index >= 15 is 0 Å². The summed E-state index contributed by atoms with van der Waals surface area (Å²) in [5.41, 5.74) is 5.47. The molecule has 0 saturated heterocycles. The lowest BCUT2D eigenvalue weighted by molar-refractivity contribution is -0.121. The minimum atomic E-state index is -0.311. The van der Waals surface area contributed by atoms with E-state index in [0.29, 0.717) is 18.5 Å². The Bertz CT molecular complexity index is 959. The van der Waals surface area contributed by atoms with Crippen molar-refractivity contribution in [2.75, 3.05) is 0 Å². The van der Waals surface area contributed by atoms with Crippen LogP contribution < -0.4 is 5.32 Å². The number of hydrogen-bond acceptors (Lipinski definition) is 3. The van der Waals surface area contributed by atoms with E-state index in [2.05, 4.69) is 20.6 Å². The van der Waals surface area contributed by atoms with Crippen molar-refractivity contribution < 1.29 is 9.18 Å². The first kappa shape index (κ1) is 18.8. The standard InChI is InChI=1S/C20H24FN5O/c1-12-13(2)24-25-19(12)8-9-20(27)23-14(3)18-11-22-26(15(18)4)17-7-5-6-16(21)10-17/h5-7,10-11,14H,8-9H2,1-4H3,(H,23,27)(H,24,25)/t14-/m1/s1. The van der Waals surface area contributed by atoms with Gasteiger partial charge in [0.15, 0.2) is 0 Å². The molecule has 0 aliphatic heterocycles. The smallest absolute Gasteiger partial charge is 0.220 e. The number of amides is 1. The molecule has 0 aliphatic rings. The van der Waals surface area contributed by atoms with E-state index in [1.54, 1.807) is 23.0 Å². The lowest BCUT2D eigenvalue weighted by Gasteiger charge is -2.14. The summed E-state index contributed by atoms with van der Waals surface area (Å²) in [4.78, 5) is 12.3. The van der Waals surface area contributed by atoms with Crippen molar-refractivity contribution in [1.29, 1.82) is 0 Å². The van der Waals surface area contributed by atoms with Crippen LogP contribution in [0.3, 0.4) is 0 Å². The van der Waals surface area contributed by atoms with Gasteiger partial charge in [0.25, 0.3) is 0 Å². The predicted octanol–water partition coefficient (Wildman–Crippen LogP) is 3.47. The van der Waals surface area contributed by atoms with Gasteiger partial charge in [0, 0.05) is 29.8 Å². The van der Waals surface area contributed by atoms with E-state index in [9.17, 15) is 9.18 Å². The van der Waals surface area contributed by atoms with Crippen LogP contribution in [0.5, 0.6) is 0 Å². The number of aryl methyl sites for hydroxylation is 2. The molecule has 0 spiro atoms. The molecule has 0 aliphatic carbocycles. The zero-order valence-electron chi connectivity index (χ0n) is 16.0. The average Bonchev–Trinajstić information content (AvgIpc) is 3.16. The maximum absolute atomic E-state index is 13.5. The third-order valence-corrected chi connectivity index (χ3v) is 4.89. The fraction of sp³-hybridized carbons (Fsp3) is 0.350. The van der Waals surface area contributed by atoms with Crippen LogP contribution in [-0.2, 0) is 11.2 Å². The molecule has 0 saturated carbocycles. The van der Waals surface area contributed by atoms with Crippen LogP contribution >= 0.6 is 0 Å². The molecule has 0 radical (unpaired) electrons. The Morgan fingerprint density at radius 3 is 2.78 bits per heavy atom.